The zero-order valence-electron chi connectivity index (χ0n) is 17.6. The molecule has 0 saturated carbocycles. The van der Waals surface area contributed by atoms with Gasteiger partial charge in [-0.1, -0.05) is 12.1 Å². The molecule has 11 heteroatoms. The Balaban J connectivity index is 1.79. The van der Waals surface area contributed by atoms with Crippen LogP contribution in [-0.4, -0.2) is 40.2 Å². The molecule has 0 aliphatic heterocycles. The molecule has 0 aliphatic rings. The highest BCUT2D eigenvalue weighted by Gasteiger charge is 2.26. The maximum Gasteiger partial charge on any atom is 0.269 e. The van der Waals surface area contributed by atoms with E-state index in [1.165, 1.54) is 12.1 Å². The Morgan fingerprint density at radius 2 is 1.73 bits per heavy atom. The van der Waals surface area contributed by atoms with E-state index in [9.17, 15) is 23.3 Å². The second-order valence-corrected chi connectivity index (χ2v) is 9.43. The average molecular weight is 465 g/mol. The maximum atomic E-state index is 13.3. The van der Waals surface area contributed by atoms with Crippen molar-refractivity contribution in [3.63, 3.8) is 0 Å². The van der Waals surface area contributed by atoms with Crippen LogP contribution in [0.25, 0.3) is 22.2 Å². The van der Waals surface area contributed by atoms with Gasteiger partial charge in [0.1, 0.15) is 12.0 Å². The zero-order chi connectivity index (χ0) is 23.8. The van der Waals surface area contributed by atoms with Crippen molar-refractivity contribution >= 4 is 32.5 Å². The second kappa shape index (κ2) is 8.43. The standard InChI is InChI=1S/C22H19N5O5S/c1-13(2)26-21(28)15-5-3-14(4-6-15)18-11-23-20-19(18)22(25-12-24-20)33(31,32)17-9-7-16(8-10-17)27(29)30/h3-13H,1-2H3,(H,26,28)(H,23,24,25). The number of nitro groups is 1. The first kappa shape index (κ1) is 22.1. The van der Waals surface area contributed by atoms with Crippen LogP contribution in [0.15, 0.2) is 71.0 Å². The minimum Gasteiger partial charge on any atom is -0.350 e. The van der Waals surface area contributed by atoms with E-state index >= 15 is 0 Å². The van der Waals surface area contributed by atoms with Crippen LogP contribution >= 0.6 is 0 Å². The lowest BCUT2D eigenvalue weighted by Gasteiger charge is -2.09. The first-order valence-corrected chi connectivity index (χ1v) is 11.4. The molecule has 1 amide bonds. The number of hydrogen-bond donors (Lipinski definition) is 2. The number of nitrogens with one attached hydrogen (secondary N) is 2. The molecule has 2 heterocycles. The van der Waals surface area contributed by atoms with Crippen LogP contribution in [0.1, 0.15) is 24.2 Å². The summed E-state index contributed by atoms with van der Waals surface area (Å²) in [4.78, 5) is 33.5. The third-order valence-electron chi connectivity index (χ3n) is 4.93. The molecule has 0 fully saturated rings. The van der Waals surface area contributed by atoms with Crippen LogP contribution in [0.5, 0.6) is 0 Å². The third kappa shape index (κ3) is 4.17. The Hall–Kier alpha value is -4.12. The van der Waals surface area contributed by atoms with Crippen molar-refractivity contribution in [2.45, 2.75) is 29.8 Å². The van der Waals surface area contributed by atoms with Gasteiger partial charge in [-0.15, -0.1) is 0 Å². The lowest BCUT2D eigenvalue weighted by Crippen LogP contribution is -2.29. The number of aromatic amines is 1. The summed E-state index contributed by atoms with van der Waals surface area (Å²) in [6.45, 7) is 3.73. The van der Waals surface area contributed by atoms with Crippen LogP contribution < -0.4 is 5.32 Å². The Kier molecular flexibility index (Phi) is 5.64. The average Bonchev–Trinajstić information content (AvgIpc) is 3.23. The van der Waals surface area contributed by atoms with E-state index in [0.717, 1.165) is 18.5 Å². The van der Waals surface area contributed by atoms with Crippen molar-refractivity contribution in [1.29, 1.82) is 0 Å². The smallest absolute Gasteiger partial charge is 0.269 e. The summed E-state index contributed by atoms with van der Waals surface area (Å²) < 4.78 is 26.7. The number of nitro benzene ring substituents is 1. The van der Waals surface area contributed by atoms with E-state index in [-0.39, 0.29) is 32.9 Å². The number of benzene rings is 2. The number of non-ortho nitro benzene ring substituents is 1. The molecule has 4 rings (SSSR count). The number of carbonyl (C=O) groups is 1. The third-order valence-corrected chi connectivity index (χ3v) is 6.64. The van der Waals surface area contributed by atoms with Gasteiger partial charge in [-0.3, -0.25) is 14.9 Å². The summed E-state index contributed by atoms with van der Waals surface area (Å²) in [5.74, 6) is -0.208. The molecule has 4 aromatic rings. The van der Waals surface area contributed by atoms with Crippen molar-refractivity contribution < 1.29 is 18.1 Å². The number of rotatable bonds is 6. The maximum absolute atomic E-state index is 13.3. The topological polar surface area (TPSA) is 148 Å². The van der Waals surface area contributed by atoms with Gasteiger partial charge in [0.2, 0.25) is 9.84 Å². The molecule has 2 aromatic carbocycles. The molecule has 0 saturated heterocycles. The monoisotopic (exact) mass is 465 g/mol. The number of hydrogen-bond acceptors (Lipinski definition) is 7. The van der Waals surface area contributed by atoms with E-state index in [4.69, 9.17) is 0 Å². The molecule has 0 bridgehead atoms. The fourth-order valence-electron chi connectivity index (χ4n) is 3.37. The number of H-pyrrole nitrogens is 1. The van der Waals surface area contributed by atoms with Crippen molar-refractivity contribution in [2.24, 2.45) is 0 Å². The zero-order valence-corrected chi connectivity index (χ0v) is 18.5. The Morgan fingerprint density at radius 1 is 1.06 bits per heavy atom. The number of sulfone groups is 1. The molecular formula is C22H19N5O5S. The molecule has 0 aliphatic carbocycles. The van der Waals surface area contributed by atoms with Crippen LogP contribution in [0.2, 0.25) is 0 Å². The fraction of sp³-hybridized carbons (Fsp3) is 0.136. The molecule has 168 valence electrons. The SMILES string of the molecule is CC(C)NC(=O)c1ccc(-c2c[nH]c3ncnc(S(=O)(=O)c4ccc([N+](=O)[O-])cc4)c23)cc1. The molecule has 0 radical (unpaired) electrons. The minimum absolute atomic E-state index is 0.00451. The quantitative estimate of drug-likeness (QED) is 0.251. The van der Waals surface area contributed by atoms with Crippen molar-refractivity contribution in [3.8, 4) is 11.1 Å². The number of fused-ring (bicyclic) bond motifs is 1. The Morgan fingerprint density at radius 3 is 2.33 bits per heavy atom. The lowest BCUT2D eigenvalue weighted by molar-refractivity contribution is -0.384. The van der Waals surface area contributed by atoms with Crippen LogP contribution in [-0.2, 0) is 9.84 Å². The number of nitrogens with zero attached hydrogens (tertiary/aromatic N) is 3. The first-order chi connectivity index (χ1) is 15.7. The van der Waals surface area contributed by atoms with Crippen molar-refractivity contribution in [3.05, 3.63) is 76.7 Å². The fourth-order valence-corrected chi connectivity index (χ4v) is 4.75. The van der Waals surface area contributed by atoms with Gasteiger partial charge in [-0.2, -0.15) is 0 Å². The first-order valence-electron chi connectivity index (χ1n) is 9.91. The summed E-state index contributed by atoms with van der Waals surface area (Å²) >= 11 is 0. The van der Waals surface area contributed by atoms with Gasteiger partial charge < -0.3 is 10.3 Å². The van der Waals surface area contributed by atoms with Gasteiger partial charge >= 0.3 is 0 Å². The van der Waals surface area contributed by atoms with Gasteiger partial charge in [-0.05, 0) is 43.7 Å². The summed E-state index contributed by atoms with van der Waals surface area (Å²) in [6.07, 6.45) is 2.76. The molecule has 0 unspecified atom stereocenters. The normalized spacial score (nSPS) is 11.6. The van der Waals surface area contributed by atoms with E-state index in [1.54, 1.807) is 30.5 Å². The minimum atomic E-state index is -4.10. The predicted molar refractivity (Wildman–Crippen MR) is 120 cm³/mol. The number of amides is 1. The highest BCUT2D eigenvalue weighted by Crippen LogP contribution is 2.34. The van der Waals surface area contributed by atoms with Crippen LogP contribution in [0.4, 0.5) is 5.69 Å². The van der Waals surface area contributed by atoms with Crippen molar-refractivity contribution in [1.82, 2.24) is 20.3 Å². The molecule has 2 N–H and O–H groups in total. The lowest BCUT2D eigenvalue weighted by atomic mass is 10.0. The van der Waals surface area contributed by atoms with E-state index in [2.05, 4.69) is 20.3 Å². The summed E-state index contributed by atoms with van der Waals surface area (Å²) in [7, 11) is -4.10. The largest absolute Gasteiger partial charge is 0.350 e. The van der Waals surface area contributed by atoms with Gasteiger partial charge in [0.25, 0.3) is 11.6 Å². The van der Waals surface area contributed by atoms with E-state index < -0.39 is 14.8 Å². The highest BCUT2D eigenvalue weighted by molar-refractivity contribution is 7.91. The van der Waals surface area contributed by atoms with Gasteiger partial charge in [0, 0.05) is 35.5 Å². The molecule has 0 spiro atoms. The van der Waals surface area contributed by atoms with E-state index in [0.29, 0.717) is 22.3 Å². The number of carbonyl (C=O) groups excluding carboxylic acids is 1. The van der Waals surface area contributed by atoms with Gasteiger partial charge in [0.15, 0.2) is 5.03 Å². The summed E-state index contributed by atoms with van der Waals surface area (Å²) in [5.41, 5.74) is 1.79. The molecule has 33 heavy (non-hydrogen) atoms. The van der Waals surface area contributed by atoms with Crippen LogP contribution in [0.3, 0.4) is 0 Å². The van der Waals surface area contributed by atoms with Crippen LogP contribution in [0, 0.1) is 10.1 Å². The predicted octanol–water partition coefficient (Wildman–Crippen LogP) is 3.50. The second-order valence-electron chi connectivity index (χ2n) is 7.56. The highest BCUT2D eigenvalue weighted by atomic mass is 32.2. The molecule has 2 aromatic heterocycles. The van der Waals surface area contributed by atoms with Crippen molar-refractivity contribution in [2.75, 3.05) is 0 Å². The molecule has 10 nitrogen and oxygen atoms in total. The van der Waals surface area contributed by atoms with E-state index in [1.807, 2.05) is 13.8 Å². The van der Waals surface area contributed by atoms with Gasteiger partial charge in [-0.25, -0.2) is 18.4 Å². The van der Waals surface area contributed by atoms with Gasteiger partial charge in [0.05, 0.1) is 15.2 Å². The Bertz CT molecular complexity index is 1460. The summed E-state index contributed by atoms with van der Waals surface area (Å²) in [6, 6.07) is 11.3. The molecule has 0 atom stereocenters. The number of aromatic nitrogens is 3. The Labute approximate surface area is 188 Å². The molecular weight excluding hydrogens is 446 g/mol. The summed E-state index contributed by atoms with van der Waals surface area (Å²) in [5, 5.41) is 13.8.